The van der Waals surface area contributed by atoms with Crippen molar-refractivity contribution in [2.75, 3.05) is 0 Å². The molecule has 0 radical (unpaired) electrons. The average Bonchev–Trinajstić information content (AvgIpc) is 2.89. The van der Waals surface area contributed by atoms with Crippen LogP contribution in [0.2, 0.25) is 0 Å². The third kappa shape index (κ3) is 1.46. The molecule has 2 unspecified atom stereocenters. The summed E-state index contributed by atoms with van der Waals surface area (Å²) in [5.74, 6) is 1.72. The highest BCUT2D eigenvalue weighted by molar-refractivity contribution is 5.42. The van der Waals surface area contributed by atoms with Crippen LogP contribution in [0.4, 0.5) is 0 Å². The van der Waals surface area contributed by atoms with Crippen molar-refractivity contribution in [3.05, 3.63) is 22.8 Å². The molecule has 0 amide bonds. The maximum Gasteiger partial charge on any atom is 0.0385 e. The lowest BCUT2D eigenvalue weighted by atomic mass is 9.79. The summed E-state index contributed by atoms with van der Waals surface area (Å²) in [6.45, 7) is 0. The molecule has 2 heterocycles. The van der Waals surface area contributed by atoms with E-state index >= 15 is 0 Å². The standard InChI is InChI=1S/C18H26N2/c1-2-6-12(7-3-1)20-15-10-4-8-13-14-9-5-11-16(20)18(14)19-17(13)15/h12-14,19H,1-11H2. The first-order chi connectivity index (χ1) is 9.93. The average molecular weight is 270 g/mol. The van der Waals surface area contributed by atoms with Gasteiger partial charge in [-0.15, -0.1) is 0 Å². The predicted octanol–water partition coefficient (Wildman–Crippen LogP) is 4.26. The first-order valence-corrected chi connectivity index (χ1v) is 8.96. The Bertz CT molecular complexity index is 460. The highest BCUT2D eigenvalue weighted by atomic mass is 15.2. The van der Waals surface area contributed by atoms with Crippen LogP contribution in [0.5, 0.6) is 0 Å². The Hall–Kier alpha value is -0.920. The van der Waals surface area contributed by atoms with Crippen LogP contribution >= 0.6 is 0 Å². The molecular formula is C18H26N2. The molecule has 2 aliphatic heterocycles. The van der Waals surface area contributed by atoms with E-state index < -0.39 is 0 Å². The van der Waals surface area contributed by atoms with Gasteiger partial charge in [-0.25, -0.2) is 0 Å². The summed E-state index contributed by atoms with van der Waals surface area (Å²) in [7, 11) is 0. The number of rotatable bonds is 1. The van der Waals surface area contributed by atoms with Gasteiger partial charge in [0.25, 0.3) is 0 Å². The van der Waals surface area contributed by atoms with Crippen molar-refractivity contribution in [2.45, 2.75) is 76.7 Å². The van der Waals surface area contributed by atoms with Crippen molar-refractivity contribution < 1.29 is 0 Å². The Morgan fingerprint density at radius 2 is 1.30 bits per heavy atom. The molecule has 1 N–H and O–H groups in total. The molecule has 1 saturated carbocycles. The van der Waals surface area contributed by atoms with Crippen LogP contribution in [0.1, 0.15) is 70.6 Å². The SMILES string of the molecule is C1CCC(N2C3=C4NC5=C2CCCC5C4CCC3)CC1. The molecule has 3 aliphatic carbocycles. The van der Waals surface area contributed by atoms with Crippen molar-refractivity contribution in [1.82, 2.24) is 10.2 Å². The molecule has 20 heavy (non-hydrogen) atoms. The molecule has 5 rings (SSSR count). The van der Waals surface area contributed by atoms with Gasteiger partial charge < -0.3 is 10.2 Å². The molecule has 2 nitrogen and oxygen atoms in total. The van der Waals surface area contributed by atoms with Crippen molar-refractivity contribution in [1.29, 1.82) is 0 Å². The van der Waals surface area contributed by atoms with Crippen LogP contribution in [0.25, 0.3) is 0 Å². The third-order valence-corrected chi connectivity index (χ3v) is 6.50. The lowest BCUT2D eigenvalue weighted by molar-refractivity contribution is 0.215. The second-order valence-electron chi connectivity index (χ2n) is 7.51. The van der Waals surface area contributed by atoms with Crippen LogP contribution in [-0.2, 0) is 0 Å². The lowest BCUT2D eigenvalue weighted by Crippen LogP contribution is -2.41. The summed E-state index contributed by atoms with van der Waals surface area (Å²) in [5, 5.41) is 3.88. The predicted molar refractivity (Wildman–Crippen MR) is 80.6 cm³/mol. The first kappa shape index (κ1) is 11.7. The zero-order valence-electron chi connectivity index (χ0n) is 12.5. The lowest BCUT2D eigenvalue weighted by Gasteiger charge is -2.44. The Morgan fingerprint density at radius 3 is 1.90 bits per heavy atom. The fraction of sp³-hybridized carbons (Fsp3) is 0.778. The minimum Gasteiger partial charge on any atom is -0.359 e. The van der Waals surface area contributed by atoms with Crippen molar-refractivity contribution in [3.8, 4) is 0 Å². The van der Waals surface area contributed by atoms with Gasteiger partial charge in [0, 0.05) is 40.7 Å². The molecule has 0 aromatic heterocycles. The van der Waals surface area contributed by atoms with Gasteiger partial charge in [0.15, 0.2) is 0 Å². The number of hydrogen-bond acceptors (Lipinski definition) is 2. The minimum atomic E-state index is 0.830. The largest absolute Gasteiger partial charge is 0.359 e. The molecule has 2 atom stereocenters. The first-order valence-electron chi connectivity index (χ1n) is 8.96. The van der Waals surface area contributed by atoms with Gasteiger partial charge in [-0.2, -0.15) is 0 Å². The van der Waals surface area contributed by atoms with Gasteiger partial charge >= 0.3 is 0 Å². The second kappa shape index (κ2) is 4.29. The van der Waals surface area contributed by atoms with Gasteiger partial charge in [0.2, 0.25) is 0 Å². The number of hydrogen-bond donors (Lipinski definition) is 1. The van der Waals surface area contributed by atoms with Crippen molar-refractivity contribution in [3.63, 3.8) is 0 Å². The van der Waals surface area contributed by atoms with Crippen LogP contribution in [0, 0.1) is 11.8 Å². The second-order valence-corrected chi connectivity index (χ2v) is 7.51. The monoisotopic (exact) mass is 270 g/mol. The van der Waals surface area contributed by atoms with E-state index in [1.165, 1.54) is 70.6 Å². The molecule has 2 fully saturated rings. The summed E-state index contributed by atoms with van der Waals surface area (Å²) < 4.78 is 0. The molecule has 0 aromatic rings. The van der Waals surface area contributed by atoms with E-state index in [1.54, 1.807) is 22.8 Å². The summed E-state index contributed by atoms with van der Waals surface area (Å²) in [4.78, 5) is 2.87. The van der Waals surface area contributed by atoms with E-state index in [0.717, 1.165) is 17.9 Å². The molecular weight excluding hydrogens is 244 g/mol. The van der Waals surface area contributed by atoms with Gasteiger partial charge in [0.05, 0.1) is 0 Å². The fourth-order valence-corrected chi connectivity index (χ4v) is 5.69. The van der Waals surface area contributed by atoms with E-state index in [4.69, 9.17) is 0 Å². The number of allylic oxidation sites excluding steroid dienone is 4. The molecule has 5 aliphatic rings. The fourth-order valence-electron chi connectivity index (χ4n) is 5.69. The molecule has 0 aromatic carbocycles. The summed E-state index contributed by atoms with van der Waals surface area (Å²) in [5.41, 5.74) is 6.76. The normalized spacial score (nSPS) is 36.5. The highest BCUT2D eigenvalue weighted by Gasteiger charge is 2.48. The van der Waals surface area contributed by atoms with Gasteiger partial charge in [0.1, 0.15) is 0 Å². The Morgan fingerprint density at radius 1 is 0.700 bits per heavy atom. The van der Waals surface area contributed by atoms with Crippen molar-refractivity contribution in [2.24, 2.45) is 11.8 Å². The van der Waals surface area contributed by atoms with E-state index in [9.17, 15) is 0 Å². The molecule has 1 saturated heterocycles. The summed E-state index contributed by atoms with van der Waals surface area (Å²) in [6.07, 6.45) is 15.6. The third-order valence-electron chi connectivity index (χ3n) is 6.50. The zero-order valence-corrected chi connectivity index (χ0v) is 12.5. The minimum absolute atomic E-state index is 0.830. The maximum atomic E-state index is 3.88. The molecule has 6 bridgehead atoms. The Kier molecular flexibility index (Phi) is 2.51. The quantitative estimate of drug-likeness (QED) is 0.766. The Balaban J connectivity index is 1.62. The highest BCUT2D eigenvalue weighted by Crippen LogP contribution is 2.54. The van der Waals surface area contributed by atoms with E-state index in [0.29, 0.717) is 0 Å². The number of nitrogens with zero attached hydrogens (tertiary/aromatic N) is 1. The van der Waals surface area contributed by atoms with E-state index in [2.05, 4.69) is 10.2 Å². The molecule has 2 heteroatoms. The van der Waals surface area contributed by atoms with Crippen LogP contribution in [0.15, 0.2) is 22.8 Å². The van der Waals surface area contributed by atoms with E-state index in [1.807, 2.05) is 0 Å². The van der Waals surface area contributed by atoms with E-state index in [-0.39, 0.29) is 0 Å². The van der Waals surface area contributed by atoms with Gasteiger partial charge in [-0.05, 0) is 51.4 Å². The summed E-state index contributed by atoms with van der Waals surface area (Å²) >= 11 is 0. The summed E-state index contributed by atoms with van der Waals surface area (Å²) in [6, 6.07) is 0.830. The van der Waals surface area contributed by atoms with Gasteiger partial charge in [-0.1, -0.05) is 19.3 Å². The van der Waals surface area contributed by atoms with Crippen LogP contribution in [-0.4, -0.2) is 10.9 Å². The van der Waals surface area contributed by atoms with Crippen molar-refractivity contribution >= 4 is 0 Å². The van der Waals surface area contributed by atoms with Crippen LogP contribution < -0.4 is 5.32 Å². The maximum absolute atomic E-state index is 3.88. The zero-order chi connectivity index (χ0) is 13.1. The topological polar surface area (TPSA) is 15.3 Å². The van der Waals surface area contributed by atoms with Gasteiger partial charge in [-0.3, -0.25) is 0 Å². The Labute approximate surface area is 122 Å². The smallest absolute Gasteiger partial charge is 0.0385 e. The number of nitrogens with one attached hydrogen (secondary N) is 1. The molecule has 0 spiro atoms. The van der Waals surface area contributed by atoms with Crippen LogP contribution in [0.3, 0.4) is 0 Å². The molecule has 108 valence electrons.